The van der Waals surface area contributed by atoms with Gasteiger partial charge in [0.1, 0.15) is 5.75 Å². The minimum absolute atomic E-state index is 0.0630. The van der Waals surface area contributed by atoms with Crippen LogP contribution in [-0.4, -0.2) is 46.9 Å². The number of likely N-dealkylation sites (N-methyl/N-ethyl adjacent to an activating group) is 1. The number of carbonyl (C=O) groups excluding carboxylic acids is 2. The lowest BCUT2D eigenvalue weighted by molar-refractivity contribution is -0.142. The molecule has 21 heavy (non-hydrogen) atoms. The molecule has 114 valence electrons. The van der Waals surface area contributed by atoms with Crippen LogP contribution in [0.3, 0.4) is 0 Å². The third-order valence-electron chi connectivity index (χ3n) is 4.07. The summed E-state index contributed by atoms with van der Waals surface area (Å²) in [5, 5.41) is 9.52. The lowest BCUT2D eigenvalue weighted by Gasteiger charge is -2.31. The Balaban J connectivity index is 1.99. The lowest BCUT2D eigenvalue weighted by atomic mass is 10.1. The van der Waals surface area contributed by atoms with Gasteiger partial charge in [-0.1, -0.05) is 12.1 Å². The van der Waals surface area contributed by atoms with Crippen LogP contribution in [0, 0.1) is 0 Å². The van der Waals surface area contributed by atoms with Gasteiger partial charge in [0, 0.05) is 20.0 Å². The highest BCUT2D eigenvalue weighted by atomic mass is 16.3. The molecule has 0 unspecified atom stereocenters. The molecule has 1 saturated heterocycles. The van der Waals surface area contributed by atoms with Crippen molar-refractivity contribution >= 4 is 11.8 Å². The minimum Gasteiger partial charge on any atom is -0.508 e. The Bertz CT molecular complexity index is 530. The maximum Gasteiger partial charge on any atom is 0.242 e. The second-order valence-electron chi connectivity index (χ2n) is 5.55. The second-order valence-corrected chi connectivity index (χ2v) is 5.55. The number of phenols is 1. The predicted molar refractivity (Wildman–Crippen MR) is 79.7 cm³/mol. The summed E-state index contributed by atoms with van der Waals surface area (Å²) in [6.45, 7) is 2.71. The standard InChI is InChI=1S/C16H22N2O3/c1-12(13-6-5-7-14(19)10-13)17(2)16(21)11-18-9-4-3-8-15(18)20/h5-7,10,12,19H,3-4,8-9,11H2,1-2H3/t12-/m1/s1. The van der Waals surface area contributed by atoms with E-state index in [-0.39, 0.29) is 30.2 Å². The van der Waals surface area contributed by atoms with E-state index >= 15 is 0 Å². The first-order valence-electron chi connectivity index (χ1n) is 7.31. The van der Waals surface area contributed by atoms with Crippen LogP contribution in [0.4, 0.5) is 0 Å². The van der Waals surface area contributed by atoms with E-state index in [1.54, 1.807) is 35.0 Å². The van der Waals surface area contributed by atoms with Crippen LogP contribution in [0.1, 0.15) is 37.8 Å². The largest absolute Gasteiger partial charge is 0.508 e. The zero-order valence-electron chi connectivity index (χ0n) is 12.6. The highest BCUT2D eigenvalue weighted by molar-refractivity contribution is 5.85. The number of aromatic hydroxyl groups is 1. The van der Waals surface area contributed by atoms with Gasteiger partial charge in [0.05, 0.1) is 12.6 Å². The Morgan fingerprint density at radius 2 is 2.19 bits per heavy atom. The van der Waals surface area contributed by atoms with Gasteiger partial charge in [0.25, 0.3) is 0 Å². The minimum atomic E-state index is -0.149. The van der Waals surface area contributed by atoms with Crippen LogP contribution in [0.25, 0.3) is 0 Å². The Morgan fingerprint density at radius 3 is 2.86 bits per heavy atom. The number of rotatable bonds is 4. The number of likely N-dealkylation sites (tertiary alicyclic amines) is 1. The van der Waals surface area contributed by atoms with E-state index in [1.807, 2.05) is 13.0 Å². The van der Waals surface area contributed by atoms with Gasteiger partial charge in [-0.2, -0.15) is 0 Å². The molecular weight excluding hydrogens is 268 g/mol. The van der Waals surface area contributed by atoms with Gasteiger partial charge in [-0.15, -0.1) is 0 Å². The van der Waals surface area contributed by atoms with Gasteiger partial charge in [-0.25, -0.2) is 0 Å². The normalized spacial score (nSPS) is 16.7. The van der Waals surface area contributed by atoms with Crippen LogP contribution < -0.4 is 0 Å². The van der Waals surface area contributed by atoms with Crippen LogP contribution in [-0.2, 0) is 9.59 Å². The molecule has 0 saturated carbocycles. The average Bonchev–Trinajstić information content (AvgIpc) is 2.48. The molecule has 0 radical (unpaired) electrons. The van der Waals surface area contributed by atoms with Crippen molar-refractivity contribution in [1.82, 2.24) is 9.80 Å². The third-order valence-corrected chi connectivity index (χ3v) is 4.07. The van der Waals surface area contributed by atoms with E-state index in [0.29, 0.717) is 13.0 Å². The molecule has 1 aliphatic rings. The smallest absolute Gasteiger partial charge is 0.242 e. The van der Waals surface area contributed by atoms with E-state index in [4.69, 9.17) is 0 Å². The molecule has 1 N–H and O–H groups in total. The van der Waals surface area contributed by atoms with Crippen LogP contribution in [0.2, 0.25) is 0 Å². The number of benzene rings is 1. The van der Waals surface area contributed by atoms with Gasteiger partial charge in [0.2, 0.25) is 11.8 Å². The SMILES string of the molecule is C[C@H](c1cccc(O)c1)N(C)C(=O)CN1CCCCC1=O. The molecule has 1 aromatic rings. The molecule has 1 fully saturated rings. The Labute approximate surface area is 125 Å². The molecule has 0 spiro atoms. The summed E-state index contributed by atoms with van der Waals surface area (Å²) in [4.78, 5) is 27.3. The highest BCUT2D eigenvalue weighted by Crippen LogP contribution is 2.22. The summed E-state index contributed by atoms with van der Waals surface area (Å²) in [5.74, 6) is 0.167. The van der Waals surface area contributed by atoms with Crippen molar-refractivity contribution in [2.45, 2.75) is 32.2 Å². The summed E-state index contributed by atoms with van der Waals surface area (Å²) in [6.07, 6.45) is 2.42. The molecule has 1 aliphatic heterocycles. The molecule has 2 rings (SSSR count). The van der Waals surface area contributed by atoms with Crippen molar-refractivity contribution in [2.75, 3.05) is 20.1 Å². The number of hydrogen-bond donors (Lipinski definition) is 1. The summed E-state index contributed by atoms with van der Waals surface area (Å²) < 4.78 is 0. The van der Waals surface area contributed by atoms with Crippen molar-refractivity contribution in [3.63, 3.8) is 0 Å². The van der Waals surface area contributed by atoms with Crippen molar-refractivity contribution in [3.05, 3.63) is 29.8 Å². The summed E-state index contributed by atoms with van der Waals surface area (Å²) in [7, 11) is 1.73. The highest BCUT2D eigenvalue weighted by Gasteiger charge is 2.24. The zero-order valence-corrected chi connectivity index (χ0v) is 12.6. The van der Waals surface area contributed by atoms with E-state index in [9.17, 15) is 14.7 Å². The Kier molecular flexibility index (Phi) is 4.83. The van der Waals surface area contributed by atoms with Gasteiger partial charge < -0.3 is 14.9 Å². The first kappa shape index (κ1) is 15.4. The quantitative estimate of drug-likeness (QED) is 0.921. The monoisotopic (exact) mass is 290 g/mol. The summed E-state index contributed by atoms with van der Waals surface area (Å²) >= 11 is 0. The molecule has 0 aromatic heterocycles. The molecule has 0 bridgehead atoms. The second kappa shape index (κ2) is 6.61. The summed E-state index contributed by atoms with van der Waals surface area (Å²) in [6, 6.07) is 6.74. The van der Waals surface area contributed by atoms with E-state index in [0.717, 1.165) is 18.4 Å². The van der Waals surface area contributed by atoms with E-state index < -0.39 is 0 Å². The molecule has 5 nitrogen and oxygen atoms in total. The zero-order chi connectivity index (χ0) is 15.4. The van der Waals surface area contributed by atoms with Gasteiger partial charge in [-0.3, -0.25) is 9.59 Å². The van der Waals surface area contributed by atoms with Crippen molar-refractivity contribution in [1.29, 1.82) is 0 Å². The number of hydrogen-bond acceptors (Lipinski definition) is 3. The Hall–Kier alpha value is -2.04. The van der Waals surface area contributed by atoms with Gasteiger partial charge >= 0.3 is 0 Å². The fourth-order valence-electron chi connectivity index (χ4n) is 2.53. The molecule has 5 heteroatoms. The van der Waals surface area contributed by atoms with E-state index in [1.165, 1.54) is 0 Å². The van der Waals surface area contributed by atoms with Crippen molar-refractivity contribution < 1.29 is 14.7 Å². The number of carbonyl (C=O) groups is 2. The van der Waals surface area contributed by atoms with Crippen molar-refractivity contribution in [3.8, 4) is 5.75 Å². The fourth-order valence-corrected chi connectivity index (χ4v) is 2.53. The van der Waals surface area contributed by atoms with E-state index in [2.05, 4.69) is 0 Å². The number of amides is 2. The molecule has 0 aliphatic carbocycles. The van der Waals surface area contributed by atoms with Crippen molar-refractivity contribution in [2.24, 2.45) is 0 Å². The van der Waals surface area contributed by atoms with Crippen LogP contribution in [0.15, 0.2) is 24.3 Å². The third kappa shape index (κ3) is 3.74. The maximum absolute atomic E-state index is 12.3. The lowest BCUT2D eigenvalue weighted by Crippen LogP contribution is -2.44. The first-order chi connectivity index (χ1) is 9.99. The molecular formula is C16H22N2O3. The molecule has 1 atom stereocenters. The molecule has 2 amide bonds. The van der Waals surface area contributed by atoms with Crippen LogP contribution >= 0.6 is 0 Å². The molecule has 1 aromatic carbocycles. The summed E-state index contributed by atoms with van der Waals surface area (Å²) in [5.41, 5.74) is 0.871. The van der Waals surface area contributed by atoms with Gasteiger partial charge in [0.15, 0.2) is 0 Å². The number of piperidine rings is 1. The number of phenolic OH excluding ortho intramolecular Hbond substituents is 1. The van der Waals surface area contributed by atoms with Gasteiger partial charge in [-0.05, 0) is 37.5 Å². The maximum atomic E-state index is 12.3. The predicted octanol–water partition coefficient (Wildman–Crippen LogP) is 1.92. The fraction of sp³-hybridized carbons (Fsp3) is 0.500. The first-order valence-corrected chi connectivity index (χ1v) is 7.31. The van der Waals surface area contributed by atoms with Crippen LogP contribution in [0.5, 0.6) is 5.75 Å². The average molecular weight is 290 g/mol. The topological polar surface area (TPSA) is 60.9 Å². The molecule has 1 heterocycles. The Morgan fingerprint density at radius 1 is 1.43 bits per heavy atom. The number of nitrogens with zero attached hydrogens (tertiary/aromatic N) is 2.